The van der Waals surface area contributed by atoms with Gasteiger partial charge in [0.25, 0.3) is 0 Å². The average Bonchev–Trinajstić information content (AvgIpc) is 2.14. The summed E-state index contributed by atoms with van der Waals surface area (Å²) in [5.41, 5.74) is 5.63. The van der Waals surface area contributed by atoms with Crippen molar-refractivity contribution in [2.45, 2.75) is 46.5 Å². The Labute approximate surface area is 91.3 Å². The fourth-order valence-corrected chi connectivity index (χ4v) is 1.35. The van der Waals surface area contributed by atoms with Gasteiger partial charge >= 0.3 is 0 Å². The van der Waals surface area contributed by atoms with Gasteiger partial charge in [0.1, 0.15) is 11.6 Å². The van der Waals surface area contributed by atoms with Crippen LogP contribution in [0.5, 0.6) is 0 Å². The van der Waals surface area contributed by atoms with Crippen LogP contribution in [0.3, 0.4) is 0 Å². The van der Waals surface area contributed by atoms with E-state index in [4.69, 9.17) is 5.73 Å². The molecule has 1 heterocycles. The van der Waals surface area contributed by atoms with Gasteiger partial charge in [-0.15, -0.1) is 0 Å². The van der Waals surface area contributed by atoms with Crippen molar-refractivity contribution in [2.24, 2.45) is 5.92 Å². The third-order valence-electron chi connectivity index (χ3n) is 2.16. The summed E-state index contributed by atoms with van der Waals surface area (Å²) < 4.78 is 0. The molecule has 0 unspecified atom stereocenters. The maximum atomic E-state index is 5.63. The maximum absolute atomic E-state index is 5.63. The number of nitrogens with two attached hydrogens (primary N) is 1. The molecule has 0 aliphatic carbocycles. The van der Waals surface area contributed by atoms with Gasteiger partial charge in [0, 0.05) is 12.8 Å². The first kappa shape index (κ1) is 11.9. The molecule has 15 heavy (non-hydrogen) atoms. The molecule has 0 aliphatic rings. The molecule has 1 aromatic heterocycles. The minimum absolute atomic E-state index is 0.354. The summed E-state index contributed by atoms with van der Waals surface area (Å²) in [6.45, 7) is 6.49. The molecule has 4 nitrogen and oxygen atoms in total. The highest BCUT2D eigenvalue weighted by molar-refractivity contribution is 5.16. The first-order valence-electron chi connectivity index (χ1n) is 5.61. The zero-order chi connectivity index (χ0) is 11.3. The van der Waals surface area contributed by atoms with Crippen LogP contribution < -0.4 is 5.73 Å². The molecule has 0 atom stereocenters. The molecule has 0 aromatic carbocycles. The molecular weight excluding hydrogens is 188 g/mol. The number of nitrogens with zero attached hydrogens (tertiary/aromatic N) is 3. The second-order valence-electron chi connectivity index (χ2n) is 4.21. The van der Waals surface area contributed by atoms with E-state index in [9.17, 15) is 0 Å². The van der Waals surface area contributed by atoms with Crippen LogP contribution in [0.15, 0.2) is 0 Å². The summed E-state index contributed by atoms with van der Waals surface area (Å²) in [4.78, 5) is 12.6. The fraction of sp³-hybridized carbons (Fsp3) is 0.727. The predicted octanol–water partition coefficient (Wildman–Crippen LogP) is 1.99. The Kier molecular flexibility index (Phi) is 4.46. The van der Waals surface area contributed by atoms with Crippen molar-refractivity contribution >= 4 is 5.95 Å². The monoisotopic (exact) mass is 208 g/mol. The molecule has 0 saturated heterocycles. The van der Waals surface area contributed by atoms with Crippen LogP contribution in [0, 0.1) is 5.92 Å². The summed E-state index contributed by atoms with van der Waals surface area (Å²) in [5.74, 6) is 2.67. The molecular formula is C11H20N4. The van der Waals surface area contributed by atoms with Crippen molar-refractivity contribution in [3.63, 3.8) is 0 Å². The van der Waals surface area contributed by atoms with Gasteiger partial charge in [-0.1, -0.05) is 20.8 Å². The molecule has 0 amide bonds. The van der Waals surface area contributed by atoms with Crippen molar-refractivity contribution < 1.29 is 0 Å². The standard InChI is InChI=1S/C11H20N4/c1-4-5-9-13-10(7-6-8(2)3)15-11(12)14-9/h8H,4-7H2,1-3H3,(H2,12,13,14,15). The van der Waals surface area contributed by atoms with E-state index in [0.29, 0.717) is 11.9 Å². The molecule has 0 radical (unpaired) electrons. The topological polar surface area (TPSA) is 64.7 Å². The Morgan fingerprint density at radius 3 is 2.20 bits per heavy atom. The summed E-state index contributed by atoms with van der Waals surface area (Å²) in [5, 5.41) is 0. The van der Waals surface area contributed by atoms with Gasteiger partial charge in [0.2, 0.25) is 5.95 Å². The largest absolute Gasteiger partial charge is 0.368 e. The van der Waals surface area contributed by atoms with E-state index in [1.807, 2.05) is 0 Å². The van der Waals surface area contributed by atoms with Crippen molar-refractivity contribution in [3.05, 3.63) is 11.6 Å². The SMILES string of the molecule is CCCc1nc(N)nc(CCC(C)C)n1. The number of aromatic nitrogens is 3. The molecule has 0 spiro atoms. The van der Waals surface area contributed by atoms with Crippen molar-refractivity contribution in [1.29, 1.82) is 0 Å². The summed E-state index contributed by atoms with van der Waals surface area (Å²) in [6.07, 6.45) is 3.89. The molecule has 0 fully saturated rings. The van der Waals surface area contributed by atoms with Crippen LogP contribution in [-0.4, -0.2) is 15.0 Å². The van der Waals surface area contributed by atoms with E-state index in [1.165, 1.54) is 0 Å². The number of hydrogen-bond donors (Lipinski definition) is 1. The predicted molar refractivity (Wildman–Crippen MR) is 61.4 cm³/mol. The molecule has 0 bridgehead atoms. The minimum atomic E-state index is 0.354. The van der Waals surface area contributed by atoms with Crippen LogP contribution in [0.2, 0.25) is 0 Å². The lowest BCUT2D eigenvalue weighted by atomic mass is 10.1. The molecule has 4 heteroatoms. The van der Waals surface area contributed by atoms with E-state index in [-0.39, 0.29) is 0 Å². The Morgan fingerprint density at radius 1 is 1.07 bits per heavy atom. The molecule has 0 saturated carbocycles. The Bertz CT molecular complexity index is 309. The number of nitrogen functional groups attached to an aromatic ring is 1. The Hall–Kier alpha value is -1.19. The summed E-state index contributed by atoms with van der Waals surface area (Å²) >= 11 is 0. The van der Waals surface area contributed by atoms with Gasteiger partial charge in [-0.3, -0.25) is 0 Å². The number of hydrogen-bond acceptors (Lipinski definition) is 4. The smallest absolute Gasteiger partial charge is 0.223 e. The lowest BCUT2D eigenvalue weighted by Gasteiger charge is -2.05. The van der Waals surface area contributed by atoms with Gasteiger partial charge in [0.15, 0.2) is 0 Å². The van der Waals surface area contributed by atoms with E-state index in [2.05, 4.69) is 35.7 Å². The van der Waals surface area contributed by atoms with E-state index < -0.39 is 0 Å². The van der Waals surface area contributed by atoms with Crippen LogP contribution in [0.25, 0.3) is 0 Å². The minimum Gasteiger partial charge on any atom is -0.368 e. The second-order valence-corrected chi connectivity index (χ2v) is 4.21. The highest BCUT2D eigenvalue weighted by Crippen LogP contribution is 2.07. The molecule has 0 aliphatic heterocycles. The normalized spacial score (nSPS) is 10.9. The van der Waals surface area contributed by atoms with E-state index >= 15 is 0 Å². The van der Waals surface area contributed by atoms with Gasteiger partial charge in [-0.25, -0.2) is 4.98 Å². The van der Waals surface area contributed by atoms with Crippen molar-refractivity contribution in [1.82, 2.24) is 15.0 Å². The van der Waals surface area contributed by atoms with Gasteiger partial charge in [-0.05, 0) is 18.8 Å². The quantitative estimate of drug-likeness (QED) is 0.803. The maximum Gasteiger partial charge on any atom is 0.223 e. The zero-order valence-electron chi connectivity index (χ0n) is 9.82. The van der Waals surface area contributed by atoms with Gasteiger partial charge in [-0.2, -0.15) is 9.97 Å². The van der Waals surface area contributed by atoms with E-state index in [1.54, 1.807) is 0 Å². The summed E-state index contributed by atoms with van der Waals surface area (Å²) in [7, 11) is 0. The van der Waals surface area contributed by atoms with Crippen LogP contribution in [0.1, 0.15) is 45.3 Å². The molecule has 1 rings (SSSR count). The third kappa shape index (κ3) is 4.23. The Morgan fingerprint density at radius 2 is 1.67 bits per heavy atom. The average molecular weight is 208 g/mol. The molecule has 2 N–H and O–H groups in total. The Balaban J connectivity index is 2.70. The van der Waals surface area contributed by atoms with Crippen LogP contribution in [-0.2, 0) is 12.8 Å². The highest BCUT2D eigenvalue weighted by atomic mass is 15.1. The van der Waals surface area contributed by atoms with Crippen LogP contribution >= 0.6 is 0 Å². The van der Waals surface area contributed by atoms with Gasteiger partial charge < -0.3 is 5.73 Å². The van der Waals surface area contributed by atoms with Crippen molar-refractivity contribution in [2.75, 3.05) is 5.73 Å². The first-order valence-corrected chi connectivity index (χ1v) is 5.61. The van der Waals surface area contributed by atoms with Gasteiger partial charge in [0.05, 0.1) is 0 Å². The first-order chi connectivity index (χ1) is 7.11. The lowest BCUT2D eigenvalue weighted by molar-refractivity contribution is 0.571. The third-order valence-corrected chi connectivity index (χ3v) is 2.16. The van der Waals surface area contributed by atoms with Crippen LogP contribution in [0.4, 0.5) is 5.95 Å². The number of aryl methyl sites for hydroxylation is 2. The summed E-state index contributed by atoms with van der Waals surface area (Å²) in [6, 6.07) is 0. The highest BCUT2D eigenvalue weighted by Gasteiger charge is 2.04. The zero-order valence-corrected chi connectivity index (χ0v) is 9.82. The fourth-order valence-electron chi connectivity index (χ4n) is 1.35. The molecule has 1 aromatic rings. The lowest BCUT2D eigenvalue weighted by Crippen LogP contribution is -2.08. The second kappa shape index (κ2) is 5.63. The molecule has 84 valence electrons. The van der Waals surface area contributed by atoms with Crippen molar-refractivity contribution in [3.8, 4) is 0 Å². The number of anilines is 1. The van der Waals surface area contributed by atoms with E-state index in [0.717, 1.165) is 37.3 Å². The number of rotatable bonds is 5.